The van der Waals surface area contributed by atoms with Gasteiger partial charge in [0.15, 0.2) is 0 Å². The number of nitrogens with zero attached hydrogens (tertiary/aromatic N) is 1. The topological polar surface area (TPSA) is 318 Å². The first-order valence-corrected chi connectivity index (χ1v) is 30.4. The van der Waals surface area contributed by atoms with Gasteiger partial charge in [-0.25, -0.2) is 9.59 Å². The van der Waals surface area contributed by atoms with Gasteiger partial charge in [-0.1, -0.05) is 113 Å². The Morgan fingerprint density at radius 1 is 0.578 bits per heavy atom. The van der Waals surface area contributed by atoms with Crippen molar-refractivity contribution in [2.45, 2.75) is 202 Å². The lowest BCUT2D eigenvalue weighted by atomic mass is 9.97. The van der Waals surface area contributed by atoms with E-state index in [2.05, 4.69) is 47.9 Å². The van der Waals surface area contributed by atoms with Crippen LogP contribution in [0, 0.1) is 35.5 Å². The summed E-state index contributed by atoms with van der Waals surface area (Å²) in [6.07, 6.45) is 2.54. The fourth-order valence-electron chi connectivity index (χ4n) is 9.20. The lowest BCUT2D eigenvalue weighted by Gasteiger charge is -2.32. The summed E-state index contributed by atoms with van der Waals surface area (Å²) in [5.41, 5.74) is -0.0379. The van der Waals surface area contributed by atoms with Crippen LogP contribution in [0.5, 0.6) is 0 Å². The van der Waals surface area contributed by atoms with Crippen LogP contribution in [0.15, 0.2) is 30.3 Å². The van der Waals surface area contributed by atoms with Gasteiger partial charge >= 0.3 is 12.1 Å². The molecule has 9 atom stereocenters. The SMILES string of the molecule is COC(=O)[C@H](Cc1ccccc1)NC(=O)[C@@H](NC(=O)[C@@H](NC(=O)[C@H](CC(C)C)NC(=O)CNC(=O)[C@H]1CCCN1C(=O)[C@@H](NC(=O)[C@@H](NC(=O)[C@H](CC(C)C)NC(=O)[C@H](CCSC)NC(=O)OC(C)(C)C)C(C)C)C(C)C)C(C)C)C(C)C. The van der Waals surface area contributed by atoms with Gasteiger partial charge < -0.3 is 62.2 Å². The van der Waals surface area contributed by atoms with E-state index in [9.17, 15) is 52.7 Å². The maximum atomic E-state index is 14.4. The summed E-state index contributed by atoms with van der Waals surface area (Å²) in [5, 5.41) is 24.5. The van der Waals surface area contributed by atoms with Gasteiger partial charge in [0.2, 0.25) is 53.2 Å². The van der Waals surface area contributed by atoms with E-state index in [1.54, 1.807) is 100 Å². The van der Waals surface area contributed by atoms with E-state index in [-0.39, 0.29) is 50.5 Å². The molecule has 10 amide bonds. The molecule has 0 spiro atoms. The number of carbonyl (C=O) groups excluding carboxylic acids is 11. The van der Waals surface area contributed by atoms with Crippen LogP contribution in [0.3, 0.4) is 0 Å². The molecule has 0 aliphatic carbocycles. The standard InChI is InChI=1S/C59H98N10O13S/c1-32(2)28-40(50(72)65-46(35(7)8)54(76)67-45(34(5)6)53(75)63-42(57(79)81-16)30-38-22-19-18-20-23-38)61-44(70)31-60-52(74)43-24-21-26-69(43)56(78)48(37(11)12)68-55(77)47(36(9)10)66-51(73)41(29-33(3)4)62-49(71)39(25-27-83-17)64-58(80)82-59(13,14)15/h18-20,22-23,32-37,39-43,45-48H,21,24-31H2,1-17H3,(H,60,74)(H,61,70)(H,62,71)(H,63,75)(H,64,80)(H,65,72)(H,66,73)(H,67,76)(H,68,77)/t39-,40-,41-,42-,43+,45-,46-,47-,48-/m0/s1. The highest BCUT2D eigenvalue weighted by atomic mass is 32.2. The number of carbonyl (C=O) groups is 11. The van der Waals surface area contributed by atoms with Crippen molar-refractivity contribution >= 4 is 77.0 Å². The summed E-state index contributed by atoms with van der Waals surface area (Å²) in [6.45, 7) is 25.9. The Labute approximate surface area is 496 Å². The van der Waals surface area contributed by atoms with Gasteiger partial charge in [0.1, 0.15) is 60.0 Å². The fourth-order valence-corrected chi connectivity index (χ4v) is 9.68. The Hall–Kier alpha value is -6.46. The van der Waals surface area contributed by atoms with Gasteiger partial charge in [0, 0.05) is 13.0 Å². The zero-order valence-electron chi connectivity index (χ0n) is 52.1. The maximum Gasteiger partial charge on any atom is 0.408 e. The van der Waals surface area contributed by atoms with Crippen molar-refractivity contribution in [3.63, 3.8) is 0 Å². The third kappa shape index (κ3) is 25.1. The van der Waals surface area contributed by atoms with Crippen LogP contribution in [-0.4, -0.2) is 162 Å². The van der Waals surface area contributed by atoms with Crippen LogP contribution < -0.4 is 47.9 Å². The van der Waals surface area contributed by atoms with E-state index in [1.807, 2.05) is 40.0 Å². The first kappa shape index (κ1) is 72.6. The number of ether oxygens (including phenoxy) is 2. The van der Waals surface area contributed by atoms with Crippen LogP contribution in [0.4, 0.5) is 4.79 Å². The highest BCUT2D eigenvalue weighted by Gasteiger charge is 2.41. The number of hydrogen-bond acceptors (Lipinski definition) is 14. The van der Waals surface area contributed by atoms with Gasteiger partial charge in [-0.3, -0.25) is 43.2 Å². The first-order valence-electron chi connectivity index (χ1n) is 29.0. The van der Waals surface area contributed by atoms with Crippen molar-refractivity contribution in [2.75, 3.05) is 32.2 Å². The molecule has 1 fully saturated rings. The van der Waals surface area contributed by atoms with Crippen LogP contribution in [0.1, 0.15) is 142 Å². The van der Waals surface area contributed by atoms with Gasteiger partial charge in [-0.15, -0.1) is 0 Å². The molecular formula is C59H98N10O13S. The Bertz CT molecular complexity index is 2350. The molecule has 24 heteroatoms. The molecule has 2 rings (SSSR count). The minimum absolute atomic E-state index is 0.0714. The maximum absolute atomic E-state index is 14.4. The summed E-state index contributed by atoms with van der Waals surface area (Å²) < 4.78 is 10.3. The summed E-state index contributed by atoms with van der Waals surface area (Å²) in [6, 6.07) is -0.826. The minimum atomic E-state index is -1.16. The van der Waals surface area contributed by atoms with Gasteiger partial charge in [-0.05, 0) is 106 Å². The van der Waals surface area contributed by atoms with Gasteiger partial charge in [0.25, 0.3) is 0 Å². The van der Waals surface area contributed by atoms with Crippen LogP contribution >= 0.6 is 11.8 Å². The summed E-state index contributed by atoms with van der Waals surface area (Å²) in [4.78, 5) is 152. The predicted octanol–water partition coefficient (Wildman–Crippen LogP) is 3.27. The Kier molecular flexibility index (Phi) is 30.6. The molecule has 0 aromatic heterocycles. The molecule has 1 aromatic rings. The lowest BCUT2D eigenvalue weighted by Crippen LogP contribution is -2.61. The number of esters is 1. The Morgan fingerprint density at radius 2 is 1.02 bits per heavy atom. The molecule has 1 heterocycles. The quantitative estimate of drug-likeness (QED) is 0.0468. The number of amides is 10. The number of benzene rings is 1. The molecule has 1 aliphatic rings. The second-order valence-corrected chi connectivity index (χ2v) is 25.5. The number of thioether (sulfide) groups is 1. The van der Waals surface area contributed by atoms with E-state index in [1.165, 1.54) is 23.8 Å². The second-order valence-electron chi connectivity index (χ2n) is 24.5. The molecule has 9 N–H and O–H groups in total. The van der Waals surface area contributed by atoms with Crippen LogP contribution in [0.2, 0.25) is 0 Å². The van der Waals surface area contributed by atoms with Crippen molar-refractivity contribution < 1.29 is 62.2 Å². The largest absolute Gasteiger partial charge is 0.467 e. The fraction of sp³-hybridized carbons (Fsp3) is 0.712. The minimum Gasteiger partial charge on any atom is -0.467 e. The third-order valence-electron chi connectivity index (χ3n) is 13.6. The number of alkyl carbamates (subject to hydrolysis) is 1. The molecule has 0 radical (unpaired) electrons. The first-order chi connectivity index (χ1) is 38.7. The molecule has 0 bridgehead atoms. The highest BCUT2D eigenvalue weighted by Crippen LogP contribution is 2.22. The van der Waals surface area contributed by atoms with E-state index in [0.29, 0.717) is 12.2 Å². The highest BCUT2D eigenvalue weighted by molar-refractivity contribution is 7.98. The van der Waals surface area contributed by atoms with E-state index < -0.39 is 155 Å². The molecule has 0 unspecified atom stereocenters. The molecule has 23 nitrogen and oxygen atoms in total. The number of likely N-dealkylation sites (tertiary alicyclic amines) is 1. The van der Waals surface area contributed by atoms with Crippen molar-refractivity contribution in [3.8, 4) is 0 Å². The molecule has 0 saturated carbocycles. The smallest absolute Gasteiger partial charge is 0.408 e. The molecule has 83 heavy (non-hydrogen) atoms. The van der Waals surface area contributed by atoms with E-state index >= 15 is 0 Å². The Balaban J connectivity index is 2.20. The van der Waals surface area contributed by atoms with Gasteiger partial charge in [-0.2, -0.15) is 11.8 Å². The molecule has 1 saturated heterocycles. The van der Waals surface area contributed by atoms with Crippen molar-refractivity contribution in [3.05, 3.63) is 35.9 Å². The Morgan fingerprint density at radius 3 is 1.48 bits per heavy atom. The number of rotatable bonds is 32. The molecular weight excluding hydrogens is 1090 g/mol. The van der Waals surface area contributed by atoms with Crippen molar-refractivity contribution in [2.24, 2.45) is 35.5 Å². The average molecular weight is 1190 g/mol. The monoisotopic (exact) mass is 1190 g/mol. The predicted molar refractivity (Wildman–Crippen MR) is 318 cm³/mol. The zero-order chi connectivity index (χ0) is 63.1. The zero-order valence-corrected chi connectivity index (χ0v) is 52.9. The molecule has 468 valence electrons. The normalized spacial score (nSPS) is 16.4. The second kappa shape index (κ2) is 35.0. The number of nitrogens with one attached hydrogen (secondary N) is 9. The van der Waals surface area contributed by atoms with Crippen molar-refractivity contribution in [1.29, 1.82) is 0 Å². The van der Waals surface area contributed by atoms with Crippen LogP contribution in [0.25, 0.3) is 0 Å². The number of methoxy groups -OCH3 is 1. The average Bonchev–Trinajstić information content (AvgIpc) is 3.98. The molecule has 1 aliphatic heterocycles. The van der Waals surface area contributed by atoms with E-state index in [0.717, 1.165) is 5.56 Å². The number of hydrogen-bond donors (Lipinski definition) is 9. The summed E-state index contributed by atoms with van der Waals surface area (Å²) >= 11 is 1.48. The van der Waals surface area contributed by atoms with Crippen LogP contribution in [-0.2, 0) is 63.8 Å². The third-order valence-corrected chi connectivity index (χ3v) is 14.3. The molecule has 1 aromatic carbocycles. The van der Waals surface area contributed by atoms with Gasteiger partial charge in [0.05, 0.1) is 13.7 Å². The van der Waals surface area contributed by atoms with E-state index in [4.69, 9.17) is 9.47 Å². The summed E-state index contributed by atoms with van der Waals surface area (Å²) in [5.74, 6) is -7.99. The summed E-state index contributed by atoms with van der Waals surface area (Å²) in [7, 11) is 1.21. The lowest BCUT2D eigenvalue weighted by molar-refractivity contribution is -0.145. The van der Waals surface area contributed by atoms with Crippen molar-refractivity contribution in [1.82, 2.24) is 52.8 Å².